The van der Waals surface area contributed by atoms with Crippen LogP contribution >= 0.6 is 0 Å². The van der Waals surface area contributed by atoms with E-state index in [0.717, 1.165) is 11.8 Å². The van der Waals surface area contributed by atoms with Crippen LogP contribution in [-0.2, 0) is 4.74 Å². The highest BCUT2D eigenvalue weighted by atomic mass is 16.6. The Morgan fingerprint density at radius 1 is 0.706 bits per heavy atom. The summed E-state index contributed by atoms with van der Waals surface area (Å²) in [6, 6.07) is 0. The summed E-state index contributed by atoms with van der Waals surface area (Å²) >= 11 is 0. The van der Waals surface area contributed by atoms with E-state index in [-0.39, 0.29) is 0 Å². The molecule has 1 saturated heterocycles. The molecule has 2 atom stereocenters. The molecule has 0 N–H and O–H groups in total. The van der Waals surface area contributed by atoms with E-state index in [4.69, 9.17) is 4.74 Å². The minimum atomic E-state index is 0.626. The third-order valence-corrected chi connectivity index (χ3v) is 3.73. The third kappa shape index (κ3) is 7.81. The standard InChI is InChI=1S/C16H32O/c1-13(2)9-5-7-11-15-16(17-15)12-8-6-10-14(3)4/h13-16H,5-12H2,1-4H3/t15-,16+. The Labute approximate surface area is 108 Å². The van der Waals surface area contributed by atoms with Crippen LogP contribution in [0.1, 0.15) is 79.1 Å². The molecule has 1 heteroatoms. The zero-order valence-electron chi connectivity index (χ0n) is 12.4. The fraction of sp³-hybridized carbons (Fsp3) is 1.00. The molecule has 1 aliphatic rings. The Balaban J connectivity index is 1.84. The van der Waals surface area contributed by atoms with Gasteiger partial charge in [0.1, 0.15) is 0 Å². The van der Waals surface area contributed by atoms with Gasteiger partial charge < -0.3 is 4.74 Å². The quantitative estimate of drug-likeness (QED) is 0.378. The lowest BCUT2D eigenvalue weighted by atomic mass is 10.0. The largest absolute Gasteiger partial charge is 0.370 e. The van der Waals surface area contributed by atoms with Gasteiger partial charge in [-0.1, -0.05) is 66.2 Å². The molecule has 0 unspecified atom stereocenters. The highest BCUT2D eigenvalue weighted by molar-refractivity contribution is 4.84. The summed E-state index contributed by atoms with van der Waals surface area (Å²) in [6.07, 6.45) is 12.1. The summed E-state index contributed by atoms with van der Waals surface area (Å²) in [5.74, 6) is 1.73. The van der Waals surface area contributed by atoms with Crippen molar-refractivity contribution in [3.05, 3.63) is 0 Å². The fourth-order valence-corrected chi connectivity index (χ4v) is 2.48. The predicted octanol–water partition coefficient (Wildman–Crippen LogP) is 5.19. The van der Waals surface area contributed by atoms with E-state index >= 15 is 0 Å². The lowest BCUT2D eigenvalue weighted by Gasteiger charge is -2.03. The summed E-state index contributed by atoms with van der Waals surface area (Å²) < 4.78 is 5.73. The smallest absolute Gasteiger partial charge is 0.0841 e. The number of rotatable bonds is 10. The first-order chi connectivity index (χ1) is 8.09. The number of ether oxygens (including phenoxy) is 1. The van der Waals surface area contributed by atoms with Crippen LogP contribution in [-0.4, -0.2) is 12.2 Å². The van der Waals surface area contributed by atoms with Gasteiger partial charge in [-0.2, -0.15) is 0 Å². The van der Waals surface area contributed by atoms with E-state index in [9.17, 15) is 0 Å². The van der Waals surface area contributed by atoms with Crippen LogP contribution in [0.2, 0.25) is 0 Å². The Kier molecular flexibility index (Phi) is 7.18. The zero-order valence-corrected chi connectivity index (χ0v) is 12.4. The highest BCUT2D eigenvalue weighted by Crippen LogP contribution is 2.32. The van der Waals surface area contributed by atoms with Gasteiger partial charge in [-0.25, -0.2) is 0 Å². The van der Waals surface area contributed by atoms with Crippen molar-refractivity contribution in [3.63, 3.8) is 0 Å². The molecule has 17 heavy (non-hydrogen) atoms. The van der Waals surface area contributed by atoms with Crippen molar-refractivity contribution in [3.8, 4) is 0 Å². The average Bonchev–Trinajstić information content (AvgIpc) is 2.98. The normalized spacial score (nSPS) is 23.6. The molecular weight excluding hydrogens is 208 g/mol. The van der Waals surface area contributed by atoms with E-state index in [1.165, 1.54) is 51.4 Å². The van der Waals surface area contributed by atoms with Crippen molar-refractivity contribution in [2.45, 2.75) is 91.3 Å². The summed E-state index contributed by atoms with van der Waals surface area (Å²) in [5.41, 5.74) is 0. The maximum atomic E-state index is 5.73. The minimum absolute atomic E-state index is 0.626. The molecular formula is C16H32O. The van der Waals surface area contributed by atoms with Crippen LogP contribution in [0.3, 0.4) is 0 Å². The Morgan fingerprint density at radius 2 is 1.12 bits per heavy atom. The molecule has 1 fully saturated rings. The van der Waals surface area contributed by atoms with Crippen LogP contribution < -0.4 is 0 Å². The van der Waals surface area contributed by atoms with Crippen LogP contribution in [0.25, 0.3) is 0 Å². The lowest BCUT2D eigenvalue weighted by Crippen LogP contribution is -1.96. The molecule has 0 amide bonds. The van der Waals surface area contributed by atoms with E-state index in [1.54, 1.807) is 0 Å². The van der Waals surface area contributed by atoms with Gasteiger partial charge in [-0.3, -0.25) is 0 Å². The molecule has 0 aliphatic carbocycles. The van der Waals surface area contributed by atoms with Crippen LogP contribution in [0.4, 0.5) is 0 Å². The zero-order chi connectivity index (χ0) is 12.7. The molecule has 0 radical (unpaired) electrons. The topological polar surface area (TPSA) is 12.5 Å². The van der Waals surface area contributed by atoms with Crippen molar-refractivity contribution in [2.24, 2.45) is 11.8 Å². The molecule has 0 spiro atoms. The van der Waals surface area contributed by atoms with Crippen LogP contribution in [0, 0.1) is 11.8 Å². The van der Waals surface area contributed by atoms with Crippen molar-refractivity contribution in [1.29, 1.82) is 0 Å². The second kappa shape index (κ2) is 8.13. The summed E-state index contributed by atoms with van der Waals surface area (Å²) in [5, 5.41) is 0. The van der Waals surface area contributed by atoms with Crippen LogP contribution in [0.5, 0.6) is 0 Å². The number of epoxide rings is 1. The van der Waals surface area contributed by atoms with Gasteiger partial charge in [0.2, 0.25) is 0 Å². The van der Waals surface area contributed by atoms with E-state index in [2.05, 4.69) is 27.7 Å². The molecule has 0 aromatic carbocycles. The van der Waals surface area contributed by atoms with Gasteiger partial charge in [0.15, 0.2) is 0 Å². The monoisotopic (exact) mass is 240 g/mol. The summed E-state index contributed by atoms with van der Waals surface area (Å²) in [4.78, 5) is 0. The lowest BCUT2D eigenvalue weighted by molar-refractivity contribution is 0.345. The third-order valence-electron chi connectivity index (χ3n) is 3.73. The Hall–Kier alpha value is -0.0400. The fourth-order valence-electron chi connectivity index (χ4n) is 2.48. The van der Waals surface area contributed by atoms with Crippen molar-refractivity contribution in [1.82, 2.24) is 0 Å². The average molecular weight is 240 g/mol. The molecule has 1 aliphatic heterocycles. The first-order valence-electron chi connectivity index (χ1n) is 7.75. The van der Waals surface area contributed by atoms with Gasteiger partial charge in [0.25, 0.3) is 0 Å². The van der Waals surface area contributed by atoms with Gasteiger partial charge in [0.05, 0.1) is 12.2 Å². The number of hydrogen-bond acceptors (Lipinski definition) is 1. The number of hydrogen-bond donors (Lipinski definition) is 0. The van der Waals surface area contributed by atoms with Gasteiger partial charge >= 0.3 is 0 Å². The predicted molar refractivity (Wildman–Crippen MR) is 75.3 cm³/mol. The molecule has 0 saturated carbocycles. The van der Waals surface area contributed by atoms with Crippen LogP contribution in [0.15, 0.2) is 0 Å². The molecule has 0 aromatic heterocycles. The Bertz CT molecular complexity index is 166. The van der Waals surface area contributed by atoms with Gasteiger partial charge in [-0.15, -0.1) is 0 Å². The first-order valence-corrected chi connectivity index (χ1v) is 7.75. The Morgan fingerprint density at radius 3 is 1.47 bits per heavy atom. The van der Waals surface area contributed by atoms with Crippen molar-refractivity contribution in [2.75, 3.05) is 0 Å². The second-order valence-electron chi connectivity index (χ2n) is 6.57. The molecule has 0 aromatic rings. The maximum Gasteiger partial charge on any atom is 0.0841 e. The van der Waals surface area contributed by atoms with E-state index in [0.29, 0.717) is 12.2 Å². The summed E-state index contributed by atoms with van der Waals surface area (Å²) in [6.45, 7) is 9.24. The molecule has 0 bridgehead atoms. The SMILES string of the molecule is CC(C)CCCC[C@@H]1O[C@@H]1CCCCC(C)C. The maximum absolute atomic E-state index is 5.73. The van der Waals surface area contributed by atoms with Crippen molar-refractivity contribution < 1.29 is 4.74 Å². The molecule has 1 nitrogen and oxygen atoms in total. The van der Waals surface area contributed by atoms with Gasteiger partial charge in [-0.05, 0) is 24.7 Å². The molecule has 102 valence electrons. The van der Waals surface area contributed by atoms with E-state index in [1.807, 2.05) is 0 Å². The summed E-state index contributed by atoms with van der Waals surface area (Å²) in [7, 11) is 0. The molecule has 1 heterocycles. The highest BCUT2D eigenvalue weighted by Gasteiger charge is 2.36. The minimum Gasteiger partial charge on any atom is -0.370 e. The van der Waals surface area contributed by atoms with Gasteiger partial charge in [0, 0.05) is 0 Å². The van der Waals surface area contributed by atoms with Crippen molar-refractivity contribution >= 4 is 0 Å². The molecule has 1 rings (SSSR count). The second-order valence-corrected chi connectivity index (χ2v) is 6.57. The van der Waals surface area contributed by atoms with E-state index < -0.39 is 0 Å². The first kappa shape index (κ1) is 15.0. The number of unbranched alkanes of at least 4 members (excludes halogenated alkanes) is 2.